The molecule has 1 aliphatic heterocycles. The lowest BCUT2D eigenvalue weighted by molar-refractivity contribution is 0.0944. The van der Waals surface area contributed by atoms with Crippen LogP contribution in [0.3, 0.4) is 0 Å². The van der Waals surface area contributed by atoms with Gasteiger partial charge in [0.2, 0.25) is 0 Å². The van der Waals surface area contributed by atoms with Crippen molar-refractivity contribution in [2.24, 2.45) is 0 Å². The molecule has 1 saturated heterocycles. The molecule has 1 fully saturated rings. The largest absolute Gasteiger partial charge is 0.378 e. The van der Waals surface area contributed by atoms with Gasteiger partial charge in [-0.1, -0.05) is 42.5 Å². The molecule has 4 aromatic rings. The Labute approximate surface area is 196 Å². The average molecular weight is 460 g/mol. The summed E-state index contributed by atoms with van der Waals surface area (Å²) in [5.74, 6) is -0.0652. The van der Waals surface area contributed by atoms with Gasteiger partial charge in [0.15, 0.2) is 0 Å². The van der Waals surface area contributed by atoms with E-state index >= 15 is 0 Å². The van der Waals surface area contributed by atoms with Crippen molar-refractivity contribution >= 4 is 22.2 Å². The molecule has 168 valence electrons. The minimum Gasteiger partial charge on any atom is -0.378 e. The van der Waals surface area contributed by atoms with Crippen molar-refractivity contribution in [2.45, 2.75) is 13.0 Å². The average Bonchev–Trinajstić information content (AvgIpc) is 3.56. The molecule has 0 spiro atoms. The van der Waals surface area contributed by atoms with Crippen molar-refractivity contribution in [2.75, 3.05) is 31.2 Å². The Morgan fingerprint density at radius 1 is 1.09 bits per heavy atom. The summed E-state index contributed by atoms with van der Waals surface area (Å²) >= 11 is 1.55. The van der Waals surface area contributed by atoms with Crippen molar-refractivity contribution < 1.29 is 9.53 Å². The summed E-state index contributed by atoms with van der Waals surface area (Å²) in [4.78, 5) is 20.2. The van der Waals surface area contributed by atoms with E-state index in [4.69, 9.17) is 4.74 Å². The van der Waals surface area contributed by atoms with Crippen LogP contribution in [-0.2, 0) is 4.74 Å². The standard InChI is InChI=1S/C25H25N5O2S/c1-18(19-7-9-21(10-8-19)30-17-26-16-27-30)28-24(31)23-15-22(20-5-3-2-4-6-20)25(33-23)29-11-13-32-14-12-29/h2-10,15-18H,11-14H2,1H3,(H,28,31)/t18-/m1/s1. The van der Waals surface area contributed by atoms with Crippen LogP contribution in [0.5, 0.6) is 0 Å². The fourth-order valence-corrected chi connectivity index (χ4v) is 5.06. The van der Waals surface area contributed by atoms with E-state index in [1.54, 1.807) is 22.3 Å². The van der Waals surface area contributed by atoms with Crippen LogP contribution >= 0.6 is 11.3 Å². The molecule has 2 aromatic carbocycles. The molecule has 2 aromatic heterocycles. The molecular formula is C25H25N5O2S. The highest BCUT2D eigenvalue weighted by atomic mass is 32.1. The number of hydrogen-bond acceptors (Lipinski definition) is 6. The second-order valence-electron chi connectivity index (χ2n) is 7.92. The second-order valence-corrected chi connectivity index (χ2v) is 8.95. The summed E-state index contributed by atoms with van der Waals surface area (Å²) in [7, 11) is 0. The van der Waals surface area contributed by atoms with Gasteiger partial charge >= 0.3 is 0 Å². The van der Waals surface area contributed by atoms with Crippen molar-refractivity contribution in [3.8, 4) is 16.8 Å². The van der Waals surface area contributed by atoms with E-state index in [1.807, 2.05) is 55.5 Å². The van der Waals surface area contributed by atoms with Gasteiger partial charge in [0, 0.05) is 18.7 Å². The van der Waals surface area contributed by atoms with Crippen LogP contribution in [0.25, 0.3) is 16.8 Å². The summed E-state index contributed by atoms with van der Waals surface area (Å²) < 4.78 is 7.23. The van der Waals surface area contributed by atoms with E-state index in [0.29, 0.717) is 18.1 Å². The number of thiophene rings is 1. The maximum absolute atomic E-state index is 13.2. The number of hydrogen-bond donors (Lipinski definition) is 1. The monoisotopic (exact) mass is 459 g/mol. The highest BCUT2D eigenvalue weighted by Crippen LogP contribution is 2.39. The van der Waals surface area contributed by atoms with Crippen LogP contribution < -0.4 is 10.2 Å². The van der Waals surface area contributed by atoms with E-state index < -0.39 is 0 Å². The third kappa shape index (κ3) is 4.67. The third-order valence-corrected chi connectivity index (χ3v) is 6.94. The maximum Gasteiger partial charge on any atom is 0.261 e. The number of morpholine rings is 1. The first-order valence-corrected chi connectivity index (χ1v) is 11.8. The van der Waals surface area contributed by atoms with Crippen molar-refractivity contribution in [1.29, 1.82) is 0 Å². The summed E-state index contributed by atoms with van der Waals surface area (Å²) in [5, 5.41) is 8.43. The summed E-state index contributed by atoms with van der Waals surface area (Å²) in [6, 6.07) is 20.1. The molecule has 0 bridgehead atoms. The van der Waals surface area contributed by atoms with Crippen molar-refractivity contribution in [1.82, 2.24) is 20.1 Å². The molecule has 1 amide bonds. The number of anilines is 1. The molecular weight excluding hydrogens is 434 g/mol. The molecule has 1 N–H and O–H groups in total. The van der Waals surface area contributed by atoms with Crippen LogP contribution in [0.1, 0.15) is 28.2 Å². The Hall–Kier alpha value is -3.49. The van der Waals surface area contributed by atoms with Gasteiger partial charge in [-0.15, -0.1) is 11.3 Å². The van der Waals surface area contributed by atoms with E-state index in [1.165, 1.54) is 6.33 Å². The quantitative estimate of drug-likeness (QED) is 0.465. The lowest BCUT2D eigenvalue weighted by Crippen LogP contribution is -2.35. The molecule has 0 aliphatic carbocycles. The van der Waals surface area contributed by atoms with Crippen molar-refractivity contribution in [3.05, 3.63) is 83.8 Å². The van der Waals surface area contributed by atoms with E-state index in [0.717, 1.165) is 40.5 Å². The van der Waals surface area contributed by atoms with E-state index in [-0.39, 0.29) is 11.9 Å². The first-order valence-electron chi connectivity index (χ1n) is 11.0. The number of amides is 1. The minimum absolute atomic E-state index is 0.0652. The zero-order valence-corrected chi connectivity index (χ0v) is 19.2. The Morgan fingerprint density at radius 3 is 2.55 bits per heavy atom. The highest BCUT2D eigenvalue weighted by Gasteiger charge is 2.22. The predicted molar refractivity (Wildman–Crippen MR) is 130 cm³/mol. The van der Waals surface area contributed by atoms with Gasteiger partial charge in [-0.25, -0.2) is 9.67 Å². The molecule has 33 heavy (non-hydrogen) atoms. The maximum atomic E-state index is 13.2. The zero-order valence-electron chi connectivity index (χ0n) is 18.3. The van der Waals surface area contributed by atoms with E-state index in [2.05, 4.69) is 32.4 Å². The molecule has 1 aliphatic rings. The van der Waals surface area contributed by atoms with Crippen LogP contribution in [0.2, 0.25) is 0 Å². The van der Waals surface area contributed by atoms with Crippen molar-refractivity contribution in [3.63, 3.8) is 0 Å². The molecule has 0 unspecified atom stereocenters. The number of aromatic nitrogens is 3. The number of carbonyl (C=O) groups excluding carboxylic acids is 1. The smallest absolute Gasteiger partial charge is 0.261 e. The summed E-state index contributed by atoms with van der Waals surface area (Å²) in [6.45, 7) is 5.06. The predicted octanol–water partition coefficient (Wildman–Crippen LogP) is 4.32. The summed E-state index contributed by atoms with van der Waals surface area (Å²) in [6.07, 6.45) is 3.17. The molecule has 1 atom stereocenters. The first-order chi connectivity index (χ1) is 16.2. The number of rotatable bonds is 6. The van der Waals surface area contributed by atoms with Gasteiger partial charge < -0.3 is 15.0 Å². The number of ether oxygens (including phenoxy) is 1. The van der Waals surface area contributed by atoms with Gasteiger partial charge in [-0.3, -0.25) is 4.79 Å². The normalized spacial score (nSPS) is 14.8. The van der Waals surface area contributed by atoms with Crippen LogP contribution in [0.4, 0.5) is 5.00 Å². The highest BCUT2D eigenvalue weighted by molar-refractivity contribution is 7.18. The Balaban J connectivity index is 1.36. The molecule has 7 nitrogen and oxygen atoms in total. The molecule has 0 radical (unpaired) electrons. The van der Waals surface area contributed by atoms with Gasteiger partial charge in [-0.05, 0) is 36.2 Å². The minimum atomic E-state index is -0.128. The lowest BCUT2D eigenvalue weighted by Gasteiger charge is -2.28. The molecule has 3 heterocycles. The number of carbonyl (C=O) groups is 1. The molecule has 0 saturated carbocycles. The Bertz CT molecular complexity index is 1200. The third-order valence-electron chi connectivity index (χ3n) is 5.74. The Kier molecular flexibility index (Phi) is 6.19. The number of benzene rings is 2. The van der Waals surface area contributed by atoms with Gasteiger partial charge in [0.05, 0.1) is 34.8 Å². The van der Waals surface area contributed by atoms with Gasteiger partial charge in [0.25, 0.3) is 5.91 Å². The summed E-state index contributed by atoms with van der Waals surface area (Å²) in [5.41, 5.74) is 4.17. The van der Waals surface area contributed by atoms with Crippen LogP contribution in [0.15, 0.2) is 73.3 Å². The second kappa shape index (κ2) is 9.56. The first kappa shape index (κ1) is 21.4. The van der Waals surface area contributed by atoms with Gasteiger partial charge in [0.1, 0.15) is 12.7 Å². The fourth-order valence-electron chi connectivity index (χ4n) is 3.93. The zero-order chi connectivity index (χ0) is 22.6. The molecule has 8 heteroatoms. The van der Waals surface area contributed by atoms with E-state index in [9.17, 15) is 4.79 Å². The number of nitrogens with one attached hydrogen (secondary N) is 1. The number of nitrogens with zero attached hydrogens (tertiary/aromatic N) is 4. The van der Waals surface area contributed by atoms with Gasteiger partial charge in [-0.2, -0.15) is 5.10 Å². The van der Waals surface area contributed by atoms with Crippen LogP contribution in [-0.4, -0.2) is 47.0 Å². The lowest BCUT2D eigenvalue weighted by atomic mass is 10.1. The fraction of sp³-hybridized carbons (Fsp3) is 0.240. The van der Waals surface area contributed by atoms with Crippen LogP contribution in [0, 0.1) is 0 Å². The topological polar surface area (TPSA) is 72.3 Å². The molecule has 5 rings (SSSR count). The SMILES string of the molecule is C[C@@H](NC(=O)c1cc(-c2ccccc2)c(N2CCOCC2)s1)c1ccc(-n2cncn2)cc1. The Morgan fingerprint density at radius 2 is 1.85 bits per heavy atom.